The van der Waals surface area contributed by atoms with Gasteiger partial charge in [-0.25, -0.2) is 4.79 Å². The molecule has 148 valence electrons. The quantitative estimate of drug-likeness (QED) is 0.763. The van der Waals surface area contributed by atoms with Crippen LogP contribution in [0.4, 0.5) is 4.79 Å². The van der Waals surface area contributed by atoms with Crippen LogP contribution in [0, 0.1) is 17.8 Å². The maximum absolute atomic E-state index is 12.8. The molecular formula is C22H28N4OS. The van der Waals surface area contributed by atoms with E-state index >= 15 is 0 Å². The molecule has 5 aliphatic heterocycles. The zero-order valence-corrected chi connectivity index (χ0v) is 17.1. The molecule has 1 unspecified atom stereocenters. The van der Waals surface area contributed by atoms with Crippen molar-refractivity contribution in [3.8, 4) is 11.8 Å². The minimum absolute atomic E-state index is 0.0207. The summed E-state index contributed by atoms with van der Waals surface area (Å²) in [7, 11) is 0. The van der Waals surface area contributed by atoms with E-state index in [9.17, 15) is 4.79 Å². The van der Waals surface area contributed by atoms with E-state index in [1.807, 2.05) is 6.20 Å². The van der Waals surface area contributed by atoms with E-state index < -0.39 is 0 Å². The summed E-state index contributed by atoms with van der Waals surface area (Å²) in [6, 6.07) is 2.14. The monoisotopic (exact) mass is 396 g/mol. The number of carbonyl (C=O) groups excluding carboxylic acids is 1. The Bertz CT molecular complexity index is 913. The van der Waals surface area contributed by atoms with Crippen LogP contribution in [0.1, 0.15) is 37.0 Å². The summed E-state index contributed by atoms with van der Waals surface area (Å²) in [6.45, 7) is 6.11. The zero-order chi connectivity index (χ0) is 18.9. The second-order valence-corrected chi connectivity index (χ2v) is 9.46. The fourth-order valence-corrected chi connectivity index (χ4v) is 5.74. The highest BCUT2D eigenvalue weighted by atomic mass is 32.1. The first-order valence-corrected chi connectivity index (χ1v) is 11.4. The lowest BCUT2D eigenvalue weighted by Gasteiger charge is -2.45. The van der Waals surface area contributed by atoms with Gasteiger partial charge in [0.2, 0.25) is 0 Å². The summed E-state index contributed by atoms with van der Waals surface area (Å²) in [5, 5.41) is 4.37. The molecule has 5 aliphatic rings. The van der Waals surface area contributed by atoms with Crippen molar-refractivity contribution in [2.45, 2.75) is 38.3 Å². The summed E-state index contributed by atoms with van der Waals surface area (Å²) in [4.78, 5) is 20.5. The Hall–Kier alpha value is -1.81. The minimum atomic E-state index is 0.0207. The average Bonchev–Trinajstić information content (AvgIpc) is 3.37. The lowest BCUT2D eigenvalue weighted by Crippen LogP contribution is -2.58. The van der Waals surface area contributed by atoms with Crippen molar-refractivity contribution >= 4 is 29.6 Å². The highest BCUT2D eigenvalue weighted by Gasteiger charge is 2.34. The largest absolute Gasteiger partial charge is 0.322 e. The normalized spacial score (nSPS) is 28.7. The predicted molar refractivity (Wildman–Crippen MR) is 113 cm³/mol. The first-order chi connectivity index (χ1) is 13.7. The van der Waals surface area contributed by atoms with Crippen LogP contribution in [-0.2, 0) is 0 Å². The van der Waals surface area contributed by atoms with Gasteiger partial charge in [-0.3, -0.25) is 14.7 Å². The van der Waals surface area contributed by atoms with Gasteiger partial charge in [-0.1, -0.05) is 11.8 Å². The number of likely N-dealkylation sites (tertiary alicyclic amines) is 1. The Kier molecular flexibility index (Phi) is 5.15. The third kappa shape index (κ3) is 3.84. The molecule has 1 atom stereocenters. The molecule has 4 saturated heterocycles. The Morgan fingerprint density at radius 2 is 2.04 bits per heavy atom. The van der Waals surface area contributed by atoms with Gasteiger partial charge in [0.15, 0.2) is 0 Å². The van der Waals surface area contributed by atoms with Gasteiger partial charge < -0.3 is 5.32 Å². The van der Waals surface area contributed by atoms with Crippen molar-refractivity contribution in [1.82, 2.24) is 20.0 Å². The number of amides is 2. The topological polar surface area (TPSA) is 38.8 Å². The van der Waals surface area contributed by atoms with Crippen LogP contribution >= 0.6 is 11.3 Å². The molecule has 1 aromatic heterocycles. The van der Waals surface area contributed by atoms with Crippen molar-refractivity contribution in [2.75, 3.05) is 39.3 Å². The molecule has 4 fully saturated rings. The van der Waals surface area contributed by atoms with Gasteiger partial charge in [0, 0.05) is 35.6 Å². The number of carbonyl (C=O) groups is 1. The molecule has 28 heavy (non-hydrogen) atoms. The number of urea groups is 1. The van der Waals surface area contributed by atoms with Crippen LogP contribution in [-0.4, -0.2) is 66.2 Å². The Labute approximate surface area is 170 Å². The summed E-state index contributed by atoms with van der Waals surface area (Å²) in [5.74, 6) is 7.42. The smallest absolute Gasteiger partial charge is 0.322 e. The number of fused-ring (bicyclic) bond motifs is 4. The summed E-state index contributed by atoms with van der Waals surface area (Å²) in [5.41, 5.74) is 0. The van der Waals surface area contributed by atoms with Gasteiger partial charge >= 0.3 is 6.03 Å². The molecular weight excluding hydrogens is 368 g/mol. The molecule has 0 saturated carbocycles. The maximum atomic E-state index is 12.8. The van der Waals surface area contributed by atoms with Gasteiger partial charge in [-0.05, 0) is 63.3 Å². The van der Waals surface area contributed by atoms with Crippen LogP contribution in [0.3, 0.4) is 0 Å². The second-order valence-electron chi connectivity index (χ2n) is 8.38. The van der Waals surface area contributed by atoms with Crippen molar-refractivity contribution in [2.24, 2.45) is 5.92 Å². The van der Waals surface area contributed by atoms with Gasteiger partial charge in [0.25, 0.3) is 0 Å². The van der Waals surface area contributed by atoms with Crippen molar-refractivity contribution in [3.63, 3.8) is 0 Å². The van der Waals surface area contributed by atoms with Gasteiger partial charge in [0.05, 0.1) is 17.6 Å². The fourth-order valence-electron chi connectivity index (χ4n) is 4.80. The van der Waals surface area contributed by atoms with Crippen LogP contribution in [0.25, 0.3) is 12.3 Å². The van der Waals surface area contributed by atoms with E-state index in [-0.39, 0.29) is 12.2 Å². The highest BCUT2D eigenvalue weighted by molar-refractivity contribution is 7.10. The lowest BCUT2D eigenvalue weighted by molar-refractivity contribution is 0.0356. The number of hydrogen-bond acceptors (Lipinski definition) is 4. The zero-order valence-electron chi connectivity index (χ0n) is 16.3. The van der Waals surface area contributed by atoms with Crippen LogP contribution in [0.2, 0.25) is 0 Å². The first-order valence-electron chi connectivity index (χ1n) is 10.6. The Morgan fingerprint density at radius 1 is 1.21 bits per heavy atom. The van der Waals surface area contributed by atoms with Gasteiger partial charge in [-0.15, -0.1) is 11.3 Å². The molecule has 6 rings (SSSR count). The molecule has 6 heterocycles. The van der Waals surface area contributed by atoms with Crippen LogP contribution in [0.15, 0.2) is 6.07 Å². The summed E-state index contributed by atoms with van der Waals surface area (Å²) >= 11 is 1.73. The van der Waals surface area contributed by atoms with Crippen molar-refractivity contribution in [1.29, 1.82) is 0 Å². The molecule has 0 aliphatic carbocycles. The number of piperidine rings is 3. The van der Waals surface area contributed by atoms with Crippen molar-refractivity contribution < 1.29 is 4.79 Å². The van der Waals surface area contributed by atoms with E-state index in [0.29, 0.717) is 6.54 Å². The molecule has 2 amide bonds. The minimum Gasteiger partial charge on any atom is -0.322 e. The summed E-state index contributed by atoms with van der Waals surface area (Å²) < 4.78 is 1.23. The SMILES string of the molecule is O=C(NC1CC2CCN1CC2)N1C=c2cc(C#CCN3CCCC3)sc2=CC1. The molecule has 1 N–H and O–H groups in total. The summed E-state index contributed by atoms with van der Waals surface area (Å²) in [6.07, 6.45) is 10.6. The van der Waals surface area contributed by atoms with E-state index in [2.05, 4.69) is 39.1 Å². The lowest BCUT2D eigenvalue weighted by atomic mass is 9.86. The Morgan fingerprint density at radius 3 is 2.79 bits per heavy atom. The predicted octanol–water partition coefficient (Wildman–Crippen LogP) is 1.18. The fraction of sp³-hybridized carbons (Fsp3) is 0.591. The van der Waals surface area contributed by atoms with Crippen LogP contribution < -0.4 is 15.1 Å². The first kappa shape index (κ1) is 18.2. The highest BCUT2D eigenvalue weighted by Crippen LogP contribution is 2.30. The third-order valence-electron chi connectivity index (χ3n) is 6.47. The number of thiophene rings is 1. The molecule has 0 spiro atoms. The van der Waals surface area contributed by atoms with E-state index in [4.69, 9.17) is 0 Å². The average molecular weight is 397 g/mol. The standard InChI is InChI=1S/C22H28N4OS/c27-22(23-21-14-17-5-11-25(21)12-6-17)26-13-7-20-18(16-26)15-19(28-20)4-3-10-24-8-1-2-9-24/h7,15-17,21H,1-2,5-6,8-14H2,(H,23,27). The molecule has 2 bridgehead atoms. The molecule has 6 heteroatoms. The Balaban J connectivity index is 1.24. The molecule has 5 nitrogen and oxygen atoms in total. The van der Waals surface area contributed by atoms with Crippen LogP contribution in [0.5, 0.6) is 0 Å². The van der Waals surface area contributed by atoms with E-state index in [0.717, 1.165) is 42.1 Å². The van der Waals surface area contributed by atoms with E-state index in [1.54, 1.807) is 16.2 Å². The number of nitrogens with zero attached hydrogens (tertiary/aromatic N) is 3. The van der Waals surface area contributed by atoms with E-state index in [1.165, 1.54) is 43.3 Å². The molecule has 0 aromatic carbocycles. The third-order valence-corrected chi connectivity index (χ3v) is 7.53. The number of rotatable bonds is 2. The maximum Gasteiger partial charge on any atom is 0.322 e. The number of hydrogen-bond donors (Lipinski definition) is 1. The molecule has 1 aromatic rings. The number of nitrogens with one attached hydrogen (secondary N) is 1. The van der Waals surface area contributed by atoms with Crippen molar-refractivity contribution in [3.05, 3.63) is 20.7 Å². The second kappa shape index (κ2) is 7.90. The molecule has 0 radical (unpaired) electrons. The van der Waals surface area contributed by atoms with Gasteiger partial charge in [0.1, 0.15) is 0 Å². The van der Waals surface area contributed by atoms with Gasteiger partial charge in [-0.2, -0.15) is 0 Å².